The standard InChI is InChI=1S/C16H22N2O3/c1-21-15(19)9-4-11-2-7-14(8-3-11)18-16(20)12-5-6-13(17)10-12/h2-3,7-8,12-13H,4-6,9-10,17H2,1H3,(H,18,20). The van der Waals surface area contributed by atoms with Crippen LogP contribution in [0.1, 0.15) is 31.2 Å². The van der Waals surface area contributed by atoms with Crippen LogP contribution in [0.4, 0.5) is 5.69 Å². The van der Waals surface area contributed by atoms with Gasteiger partial charge in [0.1, 0.15) is 0 Å². The van der Waals surface area contributed by atoms with Gasteiger partial charge >= 0.3 is 5.97 Å². The molecule has 1 amide bonds. The van der Waals surface area contributed by atoms with Crippen molar-refractivity contribution in [2.24, 2.45) is 11.7 Å². The van der Waals surface area contributed by atoms with E-state index in [1.165, 1.54) is 7.11 Å². The van der Waals surface area contributed by atoms with Gasteiger partial charge in [0.25, 0.3) is 0 Å². The summed E-state index contributed by atoms with van der Waals surface area (Å²) in [6.07, 6.45) is 3.55. The first kappa shape index (κ1) is 15.5. The van der Waals surface area contributed by atoms with E-state index in [4.69, 9.17) is 5.73 Å². The smallest absolute Gasteiger partial charge is 0.305 e. The Hall–Kier alpha value is -1.88. The molecule has 114 valence electrons. The molecular weight excluding hydrogens is 268 g/mol. The van der Waals surface area contributed by atoms with E-state index in [9.17, 15) is 9.59 Å². The van der Waals surface area contributed by atoms with E-state index in [1.54, 1.807) is 0 Å². The number of hydrogen-bond acceptors (Lipinski definition) is 4. The maximum absolute atomic E-state index is 12.1. The highest BCUT2D eigenvalue weighted by atomic mass is 16.5. The van der Waals surface area contributed by atoms with Crippen molar-refractivity contribution in [3.05, 3.63) is 29.8 Å². The van der Waals surface area contributed by atoms with Gasteiger partial charge in [-0.1, -0.05) is 12.1 Å². The minimum atomic E-state index is -0.218. The van der Waals surface area contributed by atoms with Gasteiger partial charge in [0.15, 0.2) is 0 Å². The van der Waals surface area contributed by atoms with Crippen LogP contribution < -0.4 is 11.1 Å². The summed E-state index contributed by atoms with van der Waals surface area (Å²) in [6.45, 7) is 0. The van der Waals surface area contributed by atoms with Gasteiger partial charge in [0.2, 0.25) is 5.91 Å². The zero-order valence-corrected chi connectivity index (χ0v) is 12.3. The molecule has 3 N–H and O–H groups in total. The summed E-state index contributed by atoms with van der Waals surface area (Å²) in [6, 6.07) is 7.71. The average molecular weight is 290 g/mol. The second kappa shape index (κ2) is 7.22. The van der Waals surface area contributed by atoms with Crippen LogP contribution in [0.5, 0.6) is 0 Å². The third kappa shape index (κ3) is 4.56. The number of esters is 1. The number of aryl methyl sites for hydroxylation is 1. The van der Waals surface area contributed by atoms with E-state index < -0.39 is 0 Å². The second-order valence-corrected chi connectivity index (χ2v) is 5.53. The normalized spacial score (nSPS) is 21.0. The van der Waals surface area contributed by atoms with E-state index in [-0.39, 0.29) is 23.8 Å². The van der Waals surface area contributed by atoms with Gasteiger partial charge in [0, 0.05) is 24.1 Å². The lowest BCUT2D eigenvalue weighted by molar-refractivity contribution is -0.140. The molecule has 0 aromatic heterocycles. The molecule has 0 aliphatic heterocycles. The highest BCUT2D eigenvalue weighted by molar-refractivity contribution is 5.92. The Labute approximate surface area is 124 Å². The predicted molar refractivity (Wildman–Crippen MR) is 80.7 cm³/mol. The van der Waals surface area contributed by atoms with Gasteiger partial charge < -0.3 is 15.8 Å². The third-order valence-corrected chi connectivity index (χ3v) is 3.91. The monoisotopic (exact) mass is 290 g/mol. The number of ether oxygens (including phenoxy) is 1. The number of rotatable bonds is 5. The van der Waals surface area contributed by atoms with Crippen molar-refractivity contribution in [2.45, 2.75) is 38.1 Å². The maximum Gasteiger partial charge on any atom is 0.305 e. The Morgan fingerprint density at radius 1 is 1.29 bits per heavy atom. The van der Waals surface area contributed by atoms with Gasteiger partial charge in [-0.3, -0.25) is 9.59 Å². The lowest BCUT2D eigenvalue weighted by Crippen LogP contribution is -2.23. The number of carbonyl (C=O) groups excluding carboxylic acids is 2. The molecule has 1 aliphatic rings. The molecule has 0 bridgehead atoms. The van der Waals surface area contributed by atoms with E-state index in [1.807, 2.05) is 24.3 Å². The molecule has 0 heterocycles. The number of hydrogen-bond donors (Lipinski definition) is 2. The van der Waals surface area contributed by atoms with Gasteiger partial charge in [0.05, 0.1) is 7.11 Å². The molecule has 2 rings (SSSR count). The predicted octanol–water partition coefficient (Wildman–Crippen LogP) is 1.86. The molecule has 0 radical (unpaired) electrons. The molecule has 5 nitrogen and oxygen atoms in total. The molecule has 1 aromatic carbocycles. The maximum atomic E-state index is 12.1. The summed E-state index contributed by atoms with van der Waals surface area (Å²) in [4.78, 5) is 23.2. The Morgan fingerprint density at radius 3 is 2.57 bits per heavy atom. The number of anilines is 1. The molecule has 5 heteroatoms. The first-order valence-electron chi connectivity index (χ1n) is 7.30. The lowest BCUT2D eigenvalue weighted by Gasteiger charge is -2.11. The number of nitrogens with two attached hydrogens (primary N) is 1. The van der Waals surface area contributed by atoms with Crippen LogP contribution in [0, 0.1) is 5.92 Å². The van der Waals surface area contributed by atoms with Crippen LogP contribution in [0.15, 0.2) is 24.3 Å². The fraction of sp³-hybridized carbons (Fsp3) is 0.500. The summed E-state index contributed by atoms with van der Waals surface area (Å²) >= 11 is 0. The summed E-state index contributed by atoms with van der Waals surface area (Å²) in [5, 5.41) is 2.92. The van der Waals surface area contributed by atoms with Gasteiger partial charge in [-0.25, -0.2) is 0 Å². The third-order valence-electron chi connectivity index (χ3n) is 3.91. The lowest BCUT2D eigenvalue weighted by atomic mass is 10.1. The molecule has 1 aliphatic carbocycles. The first-order valence-corrected chi connectivity index (χ1v) is 7.30. The number of methoxy groups -OCH3 is 1. The van der Waals surface area contributed by atoms with Gasteiger partial charge in [-0.15, -0.1) is 0 Å². The van der Waals surface area contributed by atoms with Gasteiger partial charge in [-0.05, 0) is 43.4 Å². The Balaban J connectivity index is 1.84. The average Bonchev–Trinajstić information content (AvgIpc) is 2.93. The molecule has 2 unspecified atom stereocenters. The Bertz CT molecular complexity index is 499. The number of nitrogens with one attached hydrogen (secondary N) is 1. The summed E-state index contributed by atoms with van der Waals surface area (Å²) in [5.74, 6) is -0.144. The zero-order chi connectivity index (χ0) is 15.2. The van der Waals surface area contributed by atoms with Crippen molar-refractivity contribution in [3.8, 4) is 0 Å². The van der Waals surface area contributed by atoms with Crippen molar-refractivity contribution >= 4 is 17.6 Å². The minimum Gasteiger partial charge on any atom is -0.469 e. The zero-order valence-electron chi connectivity index (χ0n) is 12.3. The first-order chi connectivity index (χ1) is 10.1. The van der Waals surface area contributed by atoms with Crippen molar-refractivity contribution in [1.29, 1.82) is 0 Å². The van der Waals surface area contributed by atoms with Crippen molar-refractivity contribution in [2.75, 3.05) is 12.4 Å². The fourth-order valence-corrected chi connectivity index (χ4v) is 2.60. The molecule has 1 fully saturated rings. The van der Waals surface area contributed by atoms with E-state index in [2.05, 4.69) is 10.1 Å². The Morgan fingerprint density at radius 2 is 2.00 bits per heavy atom. The highest BCUT2D eigenvalue weighted by Gasteiger charge is 2.27. The summed E-state index contributed by atoms with van der Waals surface area (Å²) in [5.41, 5.74) is 7.65. The molecule has 2 atom stereocenters. The Kier molecular flexibility index (Phi) is 5.33. The van der Waals surface area contributed by atoms with Crippen LogP contribution in [-0.2, 0) is 20.7 Å². The fourth-order valence-electron chi connectivity index (χ4n) is 2.60. The SMILES string of the molecule is COC(=O)CCc1ccc(NC(=O)C2CCC(N)C2)cc1. The van der Waals surface area contributed by atoms with Crippen LogP contribution in [0.25, 0.3) is 0 Å². The van der Waals surface area contributed by atoms with Crippen molar-refractivity contribution in [3.63, 3.8) is 0 Å². The van der Waals surface area contributed by atoms with Crippen LogP contribution in [0.3, 0.4) is 0 Å². The van der Waals surface area contributed by atoms with E-state index in [0.717, 1.165) is 30.5 Å². The quantitative estimate of drug-likeness (QED) is 0.811. The molecule has 1 aromatic rings. The largest absolute Gasteiger partial charge is 0.469 e. The minimum absolute atomic E-state index is 0.0269. The molecular formula is C16H22N2O3. The topological polar surface area (TPSA) is 81.4 Å². The van der Waals surface area contributed by atoms with Crippen LogP contribution >= 0.6 is 0 Å². The number of carbonyl (C=O) groups is 2. The summed E-state index contributed by atoms with van der Waals surface area (Å²) < 4.78 is 4.61. The van der Waals surface area contributed by atoms with Crippen molar-refractivity contribution < 1.29 is 14.3 Å². The van der Waals surface area contributed by atoms with E-state index >= 15 is 0 Å². The molecule has 21 heavy (non-hydrogen) atoms. The van der Waals surface area contributed by atoms with Crippen LogP contribution in [0.2, 0.25) is 0 Å². The number of benzene rings is 1. The van der Waals surface area contributed by atoms with Crippen LogP contribution in [-0.4, -0.2) is 25.0 Å². The molecule has 1 saturated carbocycles. The van der Waals surface area contributed by atoms with E-state index in [0.29, 0.717) is 12.8 Å². The number of amides is 1. The molecule has 0 saturated heterocycles. The summed E-state index contributed by atoms with van der Waals surface area (Å²) in [7, 11) is 1.38. The van der Waals surface area contributed by atoms with Crippen molar-refractivity contribution in [1.82, 2.24) is 0 Å². The second-order valence-electron chi connectivity index (χ2n) is 5.53. The highest BCUT2D eigenvalue weighted by Crippen LogP contribution is 2.25. The van der Waals surface area contributed by atoms with Gasteiger partial charge in [-0.2, -0.15) is 0 Å². The molecule has 0 spiro atoms.